The standard InChI is InChI=1S/C18H24N2O4/c1-5-18(6-2)16(22)12(3)11-20(17(18)23)19-10-13-7-8-14(21)15(9-13)24-4/h7-10,12,21H,5-6,11H2,1-4H3. The van der Waals surface area contributed by atoms with Crippen molar-refractivity contribution in [1.29, 1.82) is 0 Å². The van der Waals surface area contributed by atoms with E-state index in [9.17, 15) is 14.7 Å². The summed E-state index contributed by atoms with van der Waals surface area (Å²) in [5, 5.41) is 15.3. The van der Waals surface area contributed by atoms with Gasteiger partial charge in [-0.2, -0.15) is 5.10 Å². The number of piperidine rings is 1. The Hall–Kier alpha value is -2.37. The average Bonchev–Trinajstić information content (AvgIpc) is 2.59. The number of ether oxygens (including phenoxy) is 1. The van der Waals surface area contributed by atoms with E-state index >= 15 is 0 Å². The number of carbonyl (C=O) groups excluding carboxylic acids is 2. The molecule has 1 amide bonds. The van der Waals surface area contributed by atoms with Crippen LogP contribution >= 0.6 is 0 Å². The fourth-order valence-electron chi connectivity index (χ4n) is 3.16. The first-order chi connectivity index (χ1) is 11.4. The zero-order valence-electron chi connectivity index (χ0n) is 14.6. The largest absolute Gasteiger partial charge is 0.504 e. The summed E-state index contributed by atoms with van der Waals surface area (Å²) in [5.74, 6) is -0.0928. The summed E-state index contributed by atoms with van der Waals surface area (Å²) in [6.07, 6.45) is 2.49. The number of hydrogen-bond acceptors (Lipinski definition) is 5. The van der Waals surface area contributed by atoms with Gasteiger partial charge in [0.05, 0.1) is 19.9 Å². The molecule has 1 atom stereocenters. The van der Waals surface area contributed by atoms with Crippen LogP contribution < -0.4 is 4.74 Å². The molecule has 1 heterocycles. The molecule has 6 heteroatoms. The number of hydrazone groups is 1. The van der Waals surface area contributed by atoms with Gasteiger partial charge in [0.2, 0.25) is 0 Å². The van der Waals surface area contributed by atoms with E-state index in [1.54, 1.807) is 18.3 Å². The summed E-state index contributed by atoms with van der Waals surface area (Å²) >= 11 is 0. The molecule has 2 rings (SSSR count). The van der Waals surface area contributed by atoms with Crippen molar-refractivity contribution in [3.63, 3.8) is 0 Å². The van der Waals surface area contributed by atoms with E-state index in [1.165, 1.54) is 18.2 Å². The molecule has 130 valence electrons. The Morgan fingerprint density at radius 1 is 1.38 bits per heavy atom. The van der Waals surface area contributed by atoms with Crippen LogP contribution in [-0.4, -0.2) is 41.7 Å². The van der Waals surface area contributed by atoms with E-state index in [0.29, 0.717) is 24.2 Å². The van der Waals surface area contributed by atoms with Gasteiger partial charge in [0.15, 0.2) is 17.3 Å². The number of carbonyl (C=O) groups is 2. The molecule has 0 bridgehead atoms. The Balaban J connectivity index is 2.28. The van der Waals surface area contributed by atoms with Crippen molar-refractivity contribution in [2.24, 2.45) is 16.4 Å². The average molecular weight is 332 g/mol. The van der Waals surface area contributed by atoms with Crippen LogP contribution in [0.15, 0.2) is 23.3 Å². The molecule has 0 spiro atoms. The van der Waals surface area contributed by atoms with Crippen LogP contribution in [0.3, 0.4) is 0 Å². The Morgan fingerprint density at radius 2 is 2.04 bits per heavy atom. The Labute approximate surface area is 142 Å². The molecule has 1 N–H and O–H groups in total. The SMILES string of the molecule is CCC1(CC)C(=O)C(C)CN(N=Cc2ccc(O)c(OC)c2)C1=O. The molecule has 1 aliphatic heterocycles. The number of hydrogen-bond donors (Lipinski definition) is 1. The number of rotatable bonds is 5. The van der Waals surface area contributed by atoms with Gasteiger partial charge >= 0.3 is 0 Å². The normalized spacial score (nSPS) is 20.7. The van der Waals surface area contributed by atoms with Gasteiger partial charge in [0.25, 0.3) is 5.91 Å². The topological polar surface area (TPSA) is 79.2 Å². The summed E-state index contributed by atoms with van der Waals surface area (Å²) in [7, 11) is 1.47. The Bertz CT molecular complexity index is 665. The van der Waals surface area contributed by atoms with Gasteiger partial charge in [0, 0.05) is 5.92 Å². The first-order valence-electron chi connectivity index (χ1n) is 8.16. The second kappa shape index (κ2) is 7.03. The molecule has 24 heavy (non-hydrogen) atoms. The molecule has 1 aromatic carbocycles. The molecular weight excluding hydrogens is 308 g/mol. The molecule has 0 aromatic heterocycles. The first-order valence-corrected chi connectivity index (χ1v) is 8.16. The van der Waals surface area contributed by atoms with Crippen molar-refractivity contribution in [2.45, 2.75) is 33.6 Å². The van der Waals surface area contributed by atoms with Gasteiger partial charge in [-0.25, -0.2) is 5.01 Å². The number of phenolic OH excluding ortho intramolecular Hbond substituents is 1. The molecule has 1 aromatic rings. The highest BCUT2D eigenvalue weighted by Gasteiger charge is 2.50. The molecule has 0 aliphatic carbocycles. The van der Waals surface area contributed by atoms with Crippen molar-refractivity contribution in [1.82, 2.24) is 5.01 Å². The number of methoxy groups -OCH3 is 1. The van der Waals surface area contributed by atoms with Crippen LogP contribution in [0.25, 0.3) is 0 Å². The lowest BCUT2D eigenvalue weighted by molar-refractivity contribution is -0.158. The number of phenols is 1. The van der Waals surface area contributed by atoms with Crippen molar-refractivity contribution in [3.8, 4) is 11.5 Å². The molecule has 6 nitrogen and oxygen atoms in total. The maximum atomic E-state index is 12.8. The zero-order valence-corrected chi connectivity index (χ0v) is 14.6. The summed E-state index contributed by atoms with van der Waals surface area (Å²) < 4.78 is 5.06. The zero-order chi connectivity index (χ0) is 17.9. The molecule has 0 saturated carbocycles. The van der Waals surface area contributed by atoms with Gasteiger partial charge in [-0.3, -0.25) is 9.59 Å². The number of nitrogens with zero attached hydrogens (tertiary/aromatic N) is 2. The highest BCUT2D eigenvalue weighted by molar-refractivity contribution is 6.09. The third-order valence-electron chi connectivity index (χ3n) is 4.77. The number of benzene rings is 1. The van der Waals surface area contributed by atoms with Gasteiger partial charge in [-0.1, -0.05) is 20.8 Å². The predicted molar refractivity (Wildman–Crippen MR) is 91.2 cm³/mol. The van der Waals surface area contributed by atoms with Crippen LogP contribution in [0, 0.1) is 11.3 Å². The molecule has 1 fully saturated rings. The van der Waals surface area contributed by atoms with E-state index < -0.39 is 5.41 Å². The fraction of sp³-hybridized carbons (Fsp3) is 0.500. The summed E-state index contributed by atoms with van der Waals surface area (Å²) in [6, 6.07) is 4.82. The minimum Gasteiger partial charge on any atom is -0.504 e. The minimum atomic E-state index is -0.971. The quantitative estimate of drug-likeness (QED) is 0.664. The van der Waals surface area contributed by atoms with E-state index in [-0.39, 0.29) is 29.9 Å². The van der Waals surface area contributed by atoms with Crippen molar-refractivity contribution in [2.75, 3.05) is 13.7 Å². The number of ketones is 1. The summed E-state index contributed by atoms with van der Waals surface area (Å²) in [4.78, 5) is 25.3. The van der Waals surface area contributed by atoms with Gasteiger partial charge in [0.1, 0.15) is 5.41 Å². The maximum Gasteiger partial charge on any atom is 0.256 e. The monoisotopic (exact) mass is 332 g/mol. The van der Waals surface area contributed by atoms with Crippen molar-refractivity contribution >= 4 is 17.9 Å². The molecule has 1 saturated heterocycles. The molecular formula is C18H24N2O4. The second-order valence-electron chi connectivity index (χ2n) is 6.12. The van der Waals surface area contributed by atoms with Gasteiger partial charge in [-0.05, 0) is 36.6 Å². The van der Waals surface area contributed by atoms with Crippen LogP contribution in [0.1, 0.15) is 39.2 Å². The number of aromatic hydroxyl groups is 1. The highest BCUT2D eigenvalue weighted by atomic mass is 16.5. The van der Waals surface area contributed by atoms with E-state index in [4.69, 9.17) is 4.74 Å². The van der Waals surface area contributed by atoms with Gasteiger partial charge in [-0.15, -0.1) is 0 Å². The summed E-state index contributed by atoms with van der Waals surface area (Å²) in [5.41, 5.74) is -0.276. The van der Waals surface area contributed by atoms with E-state index in [1.807, 2.05) is 20.8 Å². The Morgan fingerprint density at radius 3 is 2.62 bits per heavy atom. The van der Waals surface area contributed by atoms with E-state index in [0.717, 1.165) is 0 Å². The van der Waals surface area contributed by atoms with Crippen LogP contribution in [0.2, 0.25) is 0 Å². The lowest BCUT2D eigenvalue weighted by atomic mass is 9.71. The Kier molecular flexibility index (Phi) is 5.26. The smallest absolute Gasteiger partial charge is 0.256 e. The molecule has 1 unspecified atom stereocenters. The summed E-state index contributed by atoms with van der Waals surface area (Å²) in [6.45, 7) is 5.85. The first kappa shape index (κ1) is 18.0. The van der Waals surface area contributed by atoms with Crippen molar-refractivity contribution in [3.05, 3.63) is 23.8 Å². The third-order valence-corrected chi connectivity index (χ3v) is 4.77. The lowest BCUT2D eigenvalue weighted by Crippen LogP contribution is -2.55. The van der Waals surface area contributed by atoms with E-state index in [2.05, 4.69) is 5.10 Å². The second-order valence-corrected chi connectivity index (χ2v) is 6.12. The minimum absolute atomic E-state index is 0.00949. The maximum absolute atomic E-state index is 12.8. The molecule has 0 radical (unpaired) electrons. The fourth-order valence-corrected chi connectivity index (χ4v) is 3.16. The van der Waals surface area contributed by atoms with Crippen LogP contribution in [0.5, 0.6) is 11.5 Å². The van der Waals surface area contributed by atoms with Crippen LogP contribution in [0.4, 0.5) is 0 Å². The highest BCUT2D eigenvalue weighted by Crippen LogP contribution is 2.37. The molecule has 1 aliphatic rings. The number of Topliss-reactive ketones (excluding diaryl/α,β-unsaturated/α-hetero) is 1. The number of amides is 1. The predicted octanol–water partition coefficient (Wildman–Crippen LogP) is 2.59. The van der Waals surface area contributed by atoms with Crippen molar-refractivity contribution < 1.29 is 19.4 Å². The third kappa shape index (κ3) is 3.00. The van der Waals surface area contributed by atoms with Crippen LogP contribution in [-0.2, 0) is 9.59 Å². The van der Waals surface area contributed by atoms with Gasteiger partial charge < -0.3 is 9.84 Å². The lowest BCUT2D eigenvalue weighted by Gasteiger charge is -2.40.